The summed E-state index contributed by atoms with van der Waals surface area (Å²) in [6.45, 7) is 0. The lowest BCUT2D eigenvalue weighted by Gasteiger charge is -2.28. The van der Waals surface area contributed by atoms with Crippen molar-refractivity contribution >= 4 is 38.6 Å². The number of anilines is 3. The highest BCUT2D eigenvalue weighted by molar-refractivity contribution is 6.02. The number of para-hydroxylation sites is 1. The van der Waals surface area contributed by atoms with Crippen molar-refractivity contribution in [1.82, 2.24) is 0 Å². The van der Waals surface area contributed by atoms with E-state index in [1.165, 1.54) is 38.2 Å². The molecule has 0 atom stereocenters. The molecule has 244 valence electrons. The second-order valence-electron chi connectivity index (χ2n) is 13.4. The van der Waals surface area contributed by atoms with Crippen LogP contribution in [-0.4, -0.2) is 0 Å². The normalized spacial score (nSPS) is 11.6. The van der Waals surface area contributed by atoms with Crippen LogP contribution in [0.1, 0.15) is 0 Å². The van der Waals surface area contributed by atoms with Gasteiger partial charge in [-0.25, -0.2) is 0 Å². The summed E-state index contributed by atoms with van der Waals surface area (Å²) in [7, 11) is 0. The van der Waals surface area contributed by atoms with Crippen LogP contribution >= 0.6 is 0 Å². The maximum absolute atomic E-state index is 7.20. The standard InChI is InChI=1S/C50H33NO/c1-3-12-34(13-4-1)37-22-26-42(27-23-37)51(43-28-24-36-16-7-8-17-38(36)30-43)48-21-11-20-44-45-31-39-18-9-10-19-40(39)32-46(45)47-33-41(35-14-5-2-6-15-35)25-29-49(47)52-50(44)48/h1-33H. The van der Waals surface area contributed by atoms with Crippen LogP contribution in [0.5, 0.6) is 11.5 Å². The molecule has 2 heteroatoms. The Morgan fingerprint density at radius 2 is 0.846 bits per heavy atom. The fourth-order valence-electron chi connectivity index (χ4n) is 7.63. The van der Waals surface area contributed by atoms with Crippen molar-refractivity contribution in [2.45, 2.75) is 0 Å². The lowest BCUT2D eigenvalue weighted by Crippen LogP contribution is -2.11. The molecule has 0 radical (unpaired) electrons. The van der Waals surface area contributed by atoms with E-state index < -0.39 is 0 Å². The number of rotatable bonds is 5. The summed E-state index contributed by atoms with van der Waals surface area (Å²) < 4.78 is 7.20. The van der Waals surface area contributed by atoms with Crippen molar-refractivity contribution in [1.29, 1.82) is 0 Å². The van der Waals surface area contributed by atoms with E-state index in [2.05, 4.69) is 205 Å². The molecule has 52 heavy (non-hydrogen) atoms. The van der Waals surface area contributed by atoms with Gasteiger partial charge in [0.15, 0.2) is 5.75 Å². The molecule has 2 nitrogen and oxygen atoms in total. The third-order valence-corrected chi connectivity index (χ3v) is 10.2. The topological polar surface area (TPSA) is 12.5 Å². The summed E-state index contributed by atoms with van der Waals surface area (Å²) >= 11 is 0. The van der Waals surface area contributed by atoms with Crippen LogP contribution in [0.2, 0.25) is 0 Å². The summed E-state index contributed by atoms with van der Waals surface area (Å²) in [4.78, 5) is 2.34. The molecule has 1 heterocycles. The van der Waals surface area contributed by atoms with Crippen molar-refractivity contribution in [3.63, 3.8) is 0 Å². The monoisotopic (exact) mass is 663 g/mol. The fraction of sp³-hybridized carbons (Fsp3) is 0. The van der Waals surface area contributed by atoms with E-state index in [4.69, 9.17) is 4.74 Å². The van der Waals surface area contributed by atoms with Gasteiger partial charge >= 0.3 is 0 Å². The Bertz CT molecular complexity index is 2750. The third-order valence-electron chi connectivity index (χ3n) is 10.2. The van der Waals surface area contributed by atoms with E-state index in [0.29, 0.717) is 0 Å². The van der Waals surface area contributed by atoms with Crippen molar-refractivity contribution in [2.24, 2.45) is 0 Å². The third kappa shape index (κ3) is 5.21. The van der Waals surface area contributed by atoms with E-state index in [0.717, 1.165) is 56.4 Å². The Balaban J connectivity index is 1.21. The number of fused-ring (bicyclic) bond motifs is 7. The minimum atomic E-state index is 0.825. The van der Waals surface area contributed by atoms with Gasteiger partial charge < -0.3 is 9.64 Å². The molecule has 0 unspecified atom stereocenters. The van der Waals surface area contributed by atoms with E-state index >= 15 is 0 Å². The quantitative estimate of drug-likeness (QED) is 0.182. The van der Waals surface area contributed by atoms with Crippen LogP contribution in [-0.2, 0) is 0 Å². The average molecular weight is 664 g/mol. The van der Waals surface area contributed by atoms with Gasteiger partial charge in [0.05, 0.1) is 5.69 Å². The van der Waals surface area contributed by atoms with E-state index in [1.807, 2.05) is 0 Å². The van der Waals surface area contributed by atoms with Gasteiger partial charge in [0.25, 0.3) is 0 Å². The number of ether oxygens (including phenoxy) is 1. The van der Waals surface area contributed by atoms with Crippen LogP contribution in [0.15, 0.2) is 200 Å². The molecule has 0 spiro atoms. The molecule has 0 aliphatic carbocycles. The number of hydrogen-bond acceptors (Lipinski definition) is 2. The first-order chi connectivity index (χ1) is 25.8. The van der Waals surface area contributed by atoms with Crippen LogP contribution in [0.3, 0.4) is 0 Å². The minimum Gasteiger partial charge on any atom is -0.454 e. The van der Waals surface area contributed by atoms with Gasteiger partial charge in [0, 0.05) is 22.5 Å². The van der Waals surface area contributed by atoms with Gasteiger partial charge in [0.2, 0.25) is 0 Å². The molecule has 0 saturated carbocycles. The van der Waals surface area contributed by atoms with Crippen LogP contribution in [0, 0.1) is 0 Å². The maximum Gasteiger partial charge on any atom is 0.159 e. The Kier molecular flexibility index (Phi) is 7.18. The summed E-state index contributed by atoms with van der Waals surface area (Å²) in [5.41, 5.74) is 12.2. The number of nitrogens with zero attached hydrogens (tertiary/aromatic N) is 1. The fourth-order valence-corrected chi connectivity index (χ4v) is 7.63. The Labute approximate surface area is 303 Å². The van der Waals surface area contributed by atoms with Crippen molar-refractivity contribution < 1.29 is 4.74 Å². The first-order valence-corrected chi connectivity index (χ1v) is 17.8. The van der Waals surface area contributed by atoms with Crippen molar-refractivity contribution in [2.75, 3.05) is 4.90 Å². The molecule has 0 amide bonds. The molecular formula is C50H33NO. The highest BCUT2D eigenvalue weighted by atomic mass is 16.5. The lowest BCUT2D eigenvalue weighted by atomic mass is 9.90. The Morgan fingerprint density at radius 1 is 0.308 bits per heavy atom. The average Bonchev–Trinajstić information content (AvgIpc) is 3.35. The largest absolute Gasteiger partial charge is 0.454 e. The van der Waals surface area contributed by atoms with Gasteiger partial charge in [-0.3, -0.25) is 0 Å². The van der Waals surface area contributed by atoms with Crippen LogP contribution in [0.25, 0.3) is 66.1 Å². The number of hydrogen-bond donors (Lipinski definition) is 0. The van der Waals surface area contributed by atoms with Gasteiger partial charge in [-0.05, 0) is 110 Å². The molecule has 0 saturated heterocycles. The summed E-state index contributed by atoms with van der Waals surface area (Å²) in [6, 6.07) is 71.6. The van der Waals surface area contributed by atoms with Crippen LogP contribution in [0.4, 0.5) is 17.1 Å². The first-order valence-electron chi connectivity index (χ1n) is 17.8. The molecule has 10 rings (SSSR count). The molecule has 1 aliphatic rings. The zero-order valence-electron chi connectivity index (χ0n) is 28.4. The molecule has 1 aliphatic heterocycles. The lowest BCUT2D eigenvalue weighted by molar-refractivity contribution is 0.489. The SMILES string of the molecule is c1ccc(-c2ccc(N(c3ccc4ccccc4c3)c3cccc4c3Oc3ccc(-c5ccccc5)cc3-c3cc5ccccc5cc3-4)cc2)cc1. The van der Waals surface area contributed by atoms with Gasteiger partial charge in [-0.1, -0.05) is 146 Å². The van der Waals surface area contributed by atoms with E-state index in [-0.39, 0.29) is 0 Å². The molecule has 0 bridgehead atoms. The first kappa shape index (κ1) is 30.0. The molecular weight excluding hydrogens is 631 g/mol. The molecule has 9 aromatic rings. The number of benzene rings is 9. The highest BCUT2D eigenvalue weighted by Gasteiger charge is 2.27. The Morgan fingerprint density at radius 3 is 1.54 bits per heavy atom. The predicted molar refractivity (Wildman–Crippen MR) is 218 cm³/mol. The summed E-state index contributed by atoms with van der Waals surface area (Å²) in [5, 5.41) is 4.79. The minimum absolute atomic E-state index is 0.825. The second kappa shape index (κ2) is 12.5. The second-order valence-corrected chi connectivity index (χ2v) is 13.4. The molecule has 0 N–H and O–H groups in total. The van der Waals surface area contributed by atoms with E-state index in [1.54, 1.807) is 0 Å². The zero-order valence-corrected chi connectivity index (χ0v) is 28.4. The van der Waals surface area contributed by atoms with Gasteiger partial charge in [-0.15, -0.1) is 0 Å². The van der Waals surface area contributed by atoms with Gasteiger partial charge in [0.1, 0.15) is 5.75 Å². The maximum atomic E-state index is 7.20. The van der Waals surface area contributed by atoms with Gasteiger partial charge in [-0.2, -0.15) is 0 Å². The molecule has 0 fully saturated rings. The summed E-state index contributed by atoms with van der Waals surface area (Å²) in [5.74, 6) is 1.66. The van der Waals surface area contributed by atoms with E-state index in [9.17, 15) is 0 Å². The highest BCUT2D eigenvalue weighted by Crippen LogP contribution is 2.54. The molecule has 9 aromatic carbocycles. The van der Waals surface area contributed by atoms with Crippen molar-refractivity contribution in [3.05, 3.63) is 200 Å². The predicted octanol–water partition coefficient (Wildman–Crippen LogP) is 14.2. The van der Waals surface area contributed by atoms with Crippen LogP contribution < -0.4 is 9.64 Å². The smallest absolute Gasteiger partial charge is 0.159 e. The van der Waals surface area contributed by atoms with Crippen molar-refractivity contribution in [3.8, 4) is 56.0 Å². The zero-order chi connectivity index (χ0) is 34.4. The summed E-state index contributed by atoms with van der Waals surface area (Å²) in [6.07, 6.45) is 0. The molecule has 0 aromatic heterocycles. The Hall–Kier alpha value is -6.90.